The molecule has 5 nitrogen and oxygen atoms in total. The van der Waals surface area contributed by atoms with Crippen LogP contribution in [0.25, 0.3) is 0 Å². The van der Waals surface area contributed by atoms with Crippen LogP contribution in [0.5, 0.6) is 0 Å². The molecule has 0 spiro atoms. The molecule has 8 heteroatoms. The maximum absolute atomic E-state index is 13.4. The van der Waals surface area contributed by atoms with E-state index >= 15 is 0 Å². The lowest BCUT2D eigenvalue weighted by Gasteiger charge is -2.29. The second-order valence-electron chi connectivity index (χ2n) is 8.03. The molecule has 2 aliphatic heterocycles. The zero-order valence-electron chi connectivity index (χ0n) is 17.3. The molecule has 0 unspecified atom stereocenters. The van der Waals surface area contributed by atoms with Crippen molar-refractivity contribution < 1.29 is 27.6 Å². The van der Waals surface area contributed by atoms with Gasteiger partial charge in [-0.2, -0.15) is 13.2 Å². The molecule has 33 heavy (non-hydrogen) atoms. The third-order valence-corrected chi connectivity index (χ3v) is 5.96. The number of para-hydroxylation sites is 1. The molecule has 5 rings (SSSR count). The summed E-state index contributed by atoms with van der Waals surface area (Å²) in [6.07, 6.45) is -5.65. The van der Waals surface area contributed by atoms with Crippen LogP contribution in [0.4, 0.5) is 18.9 Å². The molecular weight excluding hydrogens is 433 g/mol. The maximum Gasteiger partial charge on any atom is 0.416 e. The van der Waals surface area contributed by atoms with Gasteiger partial charge in [-0.15, -0.1) is 0 Å². The topological polar surface area (TPSA) is 49.9 Å². The van der Waals surface area contributed by atoms with Gasteiger partial charge in [0.2, 0.25) is 5.91 Å². The van der Waals surface area contributed by atoms with Crippen molar-refractivity contribution in [1.29, 1.82) is 0 Å². The highest BCUT2D eigenvalue weighted by molar-refractivity contribution is 6.07. The highest BCUT2D eigenvalue weighted by Gasteiger charge is 2.59. The van der Waals surface area contributed by atoms with Crippen LogP contribution in [0.3, 0.4) is 0 Å². The number of hydrogen-bond donors (Lipinski definition) is 0. The standard InChI is InChI=1S/C25H19F3N2O3/c26-25(27,28)18-11-7-10-17(14-18)21-20-22(33-30(21)19-12-5-2-6-13-19)24(32)29(23(20)31)15-16-8-3-1-4-9-16/h1-14,20-22H,15H2/t20-,21+,22+/m1/s1. The summed E-state index contributed by atoms with van der Waals surface area (Å²) in [6.45, 7) is 0.0789. The van der Waals surface area contributed by atoms with Crippen molar-refractivity contribution in [2.75, 3.05) is 5.06 Å². The molecule has 0 aliphatic carbocycles. The molecule has 0 N–H and O–H groups in total. The lowest BCUT2D eigenvalue weighted by atomic mass is 9.89. The summed E-state index contributed by atoms with van der Waals surface area (Å²) in [4.78, 5) is 33.7. The number of halogens is 3. The Bertz CT molecular complexity index is 1180. The number of rotatable bonds is 4. The third-order valence-electron chi connectivity index (χ3n) is 5.96. The smallest absolute Gasteiger partial charge is 0.275 e. The summed E-state index contributed by atoms with van der Waals surface area (Å²) in [5.41, 5.74) is 0.748. The third kappa shape index (κ3) is 3.76. The number of anilines is 1. The zero-order chi connectivity index (χ0) is 23.2. The largest absolute Gasteiger partial charge is 0.416 e. The van der Waals surface area contributed by atoms with Gasteiger partial charge < -0.3 is 0 Å². The molecule has 0 bridgehead atoms. The summed E-state index contributed by atoms with van der Waals surface area (Å²) < 4.78 is 40.2. The number of hydrogen-bond acceptors (Lipinski definition) is 4. The van der Waals surface area contributed by atoms with Crippen molar-refractivity contribution >= 4 is 17.5 Å². The Balaban J connectivity index is 1.55. The normalized spacial score (nSPS) is 22.7. The fourth-order valence-electron chi connectivity index (χ4n) is 4.43. The van der Waals surface area contributed by atoms with Crippen molar-refractivity contribution in [3.05, 3.63) is 102 Å². The van der Waals surface area contributed by atoms with E-state index in [0.29, 0.717) is 5.69 Å². The molecular formula is C25H19F3N2O3. The average Bonchev–Trinajstić information content (AvgIpc) is 3.32. The van der Waals surface area contributed by atoms with Gasteiger partial charge in [-0.25, -0.2) is 5.06 Å². The molecule has 2 fully saturated rings. The maximum atomic E-state index is 13.4. The summed E-state index contributed by atoms with van der Waals surface area (Å²) >= 11 is 0. The number of benzene rings is 3. The lowest BCUT2D eigenvalue weighted by Crippen LogP contribution is -2.37. The Labute approximate surface area is 187 Å². The first-order valence-electron chi connectivity index (χ1n) is 10.4. The summed E-state index contributed by atoms with van der Waals surface area (Å²) in [6, 6.07) is 21.7. The van der Waals surface area contributed by atoms with E-state index in [4.69, 9.17) is 4.84 Å². The molecule has 168 valence electrons. The van der Waals surface area contributed by atoms with Gasteiger partial charge >= 0.3 is 6.18 Å². The monoisotopic (exact) mass is 452 g/mol. The molecule has 0 radical (unpaired) electrons. The fraction of sp³-hybridized carbons (Fsp3) is 0.200. The predicted octanol–water partition coefficient (Wildman–Crippen LogP) is 4.75. The Hall–Kier alpha value is -3.65. The quantitative estimate of drug-likeness (QED) is 0.536. The van der Waals surface area contributed by atoms with Crippen molar-refractivity contribution in [2.45, 2.75) is 24.9 Å². The minimum absolute atomic E-state index is 0.0789. The minimum atomic E-state index is -4.54. The van der Waals surface area contributed by atoms with Gasteiger partial charge in [-0.1, -0.05) is 60.7 Å². The Kier molecular flexibility index (Phi) is 5.17. The molecule has 2 aliphatic rings. The number of likely N-dealkylation sites (tertiary alicyclic amines) is 1. The molecule has 2 amide bonds. The number of alkyl halides is 3. The van der Waals surface area contributed by atoms with E-state index in [-0.39, 0.29) is 12.1 Å². The number of carbonyl (C=O) groups is 2. The highest BCUT2D eigenvalue weighted by atomic mass is 19.4. The van der Waals surface area contributed by atoms with Crippen LogP contribution in [-0.2, 0) is 27.1 Å². The van der Waals surface area contributed by atoms with Gasteiger partial charge in [0.1, 0.15) is 5.92 Å². The molecule has 3 aromatic rings. The Morgan fingerprint density at radius 3 is 2.15 bits per heavy atom. The first kappa shape index (κ1) is 21.2. The summed E-state index contributed by atoms with van der Waals surface area (Å²) in [5, 5.41) is 1.39. The van der Waals surface area contributed by atoms with E-state index in [1.807, 2.05) is 6.07 Å². The van der Waals surface area contributed by atoms with E-state index in [0.717, 1.165) is 22.6 Å². The van der Waals surface area contributed by atoms with Crippen LogP contribution < -0.4 is 5.06 Å². The van der Waals surface area contributed by atoms with Crippen molar-refractivity contribution in [3.8, 4) is 0 Å². The first-order valence-corrected chi connectivity index (χ1v) is 10.4. The van der Waals surface area contributed by atoms with Gasteiger partial charge in [0.25, 0.3) is 5.91 Å². The molecule has 0 saturated carbocycles. The van der Waals surface area contributed by atoms with E-state index < -0.39 is 41.6 Å². The summed E-state index contributed by atoms with van der Waals surface area (Å²) in [5.74, 6) is -1.93. The molecule has 2 heterocycles. The lowest BCUT2D eigenvalue weighted by molar-refractivity contribution is -0.143. The highest BCUT2D eigenvalue weighted by Crippen LogP contribution is 2.47. The van der Waals surface area contributed by atoms with Gasteiger partial charge in [-0.05, 0) is 35.4 Å². The average molecular weight is 452 g/mol. The molecule has 0 aromatic heterocycles. The molecule has 3 aromatic carbocycles. The Morgan fingerprint density at radius 1 is 0.818 bits per heavy atom. The minimum Gasteiger partial charge on any atom is -0.275 e. The number of hydroxylamine groups is 1. The molecule has 3 atom stereocenters. The van der Waals surface area contributed by atoms with Gasteiger partial charge in [0, 0.05) is 0 Å². The number of fused-ring (bicyclic) bond motifs is 1. The van der Waals surface area contributed by atoms with Crippen LogP contribution >= 0.6 is 0 Å². The number of amides is 2. The van der Waals surface area contributed by atoms with Gasteiger partial charge in [0.15, 0.2) is 6.10 Å². The van der Waals surface area contributed by atoms with Gasteiger partial charge in [-0.3, -0.25) is 19.3 Å². The van der Waals surface area contributed by atoms with Crippen molar-refractivity contribution in [2.24, 2.45) is 5.92 Å². The number of nitrogens with zero attached hydrogens (tertiary/aromatic N) is 2. The van der Waals surface area contributed by atoms with Crippen LogP contribution in [-0.4, -0.2) is 22.8 Å². The fourth-order valence-corrected chi connectivity index (χ4v) is 4.43. The van der Waals surface area contributed by atoms with Crippen LogP contribution in [0.2, 0.25) is 0 Å². The second kappa shape index (κ2) is 8.04. The SMILES string of the molecule is O=C1[C@H]2[C@H](ON(c3ccccc3)[C@H]2c2cccc(C(F)(F)F)c2)C(=O)N1Cc1ccccc1. The van der Waals surface area contributed by atoms with Gasteiger partial charge in [0.05, 0.1) is 23.8 Å². The Morgan fingerprint density at radius 2 is 1.48 bits per heavy atom. The second-order valence-corrected chi connectivity index (χ2v) is 8.03. The van der Waals surface area contributed by atoms with E-state index in [1.165, 1.54) is 17.2 Å². The van der Waals surface area contributed by atoms with E-state index in [9.17, 15) is 22.8 Å². The summed E-state index contributed by atoms with van der Waals surface area (Å²) in [7, 11) is 0. The zero-order valence-corrected chi connectivity index (χ0v) is 17.3. The van der Waals surface area contributed by atoms with Crippen LogP contribution in [0, 0.1) is 5.92 Å². The first-order chi connectivity index (χ1) is 15.8. The number of imide groups is 1. The van der Waals surface area contributed by atoms with Crippen molar-refractivity contribution in [3.63, 3.8) is 0 Å². The van der Waals surface area contributed by atoms with Crippen LogP contribution in [0.1, 0.15) is 22.7 Å². The van der Waals surface area contributed by atoms with Crippen molar-refractivity contribution in [1.82, 2.24) is 4.90 Å². The predicted molar refractivity (Wildman–Crippen MR) is 113 cm³/mol. The van der Waals surface area contributed by atoms with E-state index in [1.54, 1.807) is 54.6 Å². The molecule has 2 saturated heterocycles. The van der Waals surface area contributed by atoms with Crippen LogP contribution in [0.15, 0.2) is 84.9 Å². The van der Waals surface area contributed by atoms with E-state index in [2.05, 4.69) is 0 Å². The number of carbonyl (C=O) groups excluding carboxylic acids is 2.